The molecule has 0 saturated carbocycles. The van der Waals surface area contributed by atoms with Crippen molar-refractivity contribution in [1.82, 2.24) is 4.98 Å². The number of thiazole rings is 1. The Balaban J connectivity index is 1.49. The monoisotopic (exact) mass is 368 g/mol. The van der Waals surface area contributed by atoms with Crippen molar-refractivity contribution in [3.8, 4) is 17.6 Å². The van der Waals surface area contributed by atoms with Crippen LogP contribution >= 0.6 is 11.3 Å². The van der Waals surface area contributed by atoms with Crippen molar-refractivity contribution >= 4 is 32.9 Å². The van der Waals surface area contributed by atoms with Crippen LogP contribution in [0.1, 0.15) is 16.7 Å². The molecule has 4 aromatic rings. The van der Waals surface area contributed by atoms with Gasteiger partial charge in [-0.3, -0.25) is 0 Å². The molecule has 0 spiro atoms. The highest BCUT2D eigenvalue weighted by atomic mass is 32.1. The van der Waals surface area contributed by atoms with E-state index in [1.54, 1.807) is 18.4 Å². The van der Waals surface area contributed by atoms with E-state index in [-0.39, 0.29) is 0 Å². The highest BCUT2D eigenvalue weighted by molar-refractivity contribution is 7.22. The Kier molecular flexibility index (Phi) is 4.95. The summed E-state index contributed by atoms with van der Waals surface area (Å²) in [6.45, 7) is 0. The predicted molar refractivity (Wildman–Crippen MR) is 112 cm³/mol. The van der Waals surface area contributed by atoms with Crippen LogP contribution in [0.4, 0.5) is 5.13 Å². The van der Waals surface area contributed by atoms with Gasteiger partial charge in [0.2, 0.25) is 5.13 Å². The van der Waals surface area contributed by atoms with Crippen LogP contribution in [-0.2, 0) is 0 Å². The van der Waals surface area contributed by atoms with Crippen molar-refractivity contribution in [3.05, 3.63) is 89.5 Å². The van der Waals surface area contributed by atoms with Gasteiger partial charge in [0.15, 0.2) is 0 Å². The summed E-state index contributed by atoms with van der Waals surface area (Å²) in [5, 5.41) is 0.728. The molecule has 0 bridgehead atoms. The lowest BCUT2D eigenvalue weighted by Gasteiger charge is -1.96. The SMILES string of the molecule is COc1ccc2nc(/N=C\c3ccc(C#Cc4ccccc4)cc3)sc2c1. The van der Waals surface area contributed by atoms with Gasteiger partial charge in [-0.1, -0.05) is 53.5 Å². The number of fused-ring (bicyclic) bond motifs is 1. The van der Waals surface area contributed by atoms with Gasteiger partial charge in [-0.05, 0) is 48.0 Å². The number of hydrogen-bond acceptors (Lipinski definition) is 4. The molecule has 0 aliphatic heterocycles. The molecule has 130 valence electrons. The zero-order valence-corrected chi connectivity index (χ0v) is 15.5. The number of hydrogen-bond donors (Lipinski definition) is 0. The summed E-state index contributed by atoms with van der Waals surface area (Å²) in [5.41, 5.74) is 3.93. The average molecular weight is 368 g/mol. The Morgan fingerprint density at radius 1 is 0.926 bits per heavy atom. The van der Waals surface area contributed by atoms with E-state index in [1.165, 1.54) is 0 Å². The number of ether oxygens (including phenoxy) is 1. The Morgan fingerprint density at radius 3 is 2.41 bits per heavy atom. The molecule has 27 heavy (non-hydrogen) atoms. The van der Waals surface area contributed by atoms with Gasteiger partial charge in [-0.25, -0.2) is 9.98 Å². The Morgan fingerprint density at radius 2 is 1.67 bits per heavy atom. The first-order valence-electron chi connectivity index (χ1n) is 8.46. The second-order valence-corrected chi connectivity index (χ2v) is 6.84. The number of aliphatic imine (C=N–C) groups is 1. The van der Waals surface area contributed by atoms with E-state index in [0.29, 0.717) is 0 Å². The maximum absolute atomic E-state index is 5.25. The molecule has 0 aliphatic carbocycles. The van der Waals surface area contributed by atoms with E-state index >= 15 is 0 Å². The van der Waals surface area contributed by atoms with Gasteiger partial charge in [0.1, 0.15) is 5.75 Å². The van der Waals surface area contributed by atoms with Gasteiger partial charge < -0.3 is 4.74 Å². The highest BCUT2D eigenvalue weighted by Crippen LogP contribution is 2.30. The van der Waals surface area contributed by atoms with Crippen LogP contribution in [0.3, 0.4) is 0 Å². The standard InChI is InChI=1S/C23H16N2OS/c1-26-20-13-14-21-22(15-20)27-23(25-21)24-16-19-11-9-18(10-12-19)8-7-17-5-3-2-4-6-17/h2-6,9-16H,1H3/b24-16-. The second kappa shape index (κ2) is 7.86. The molecular weight excluding hydrogens is 352 g/mol. The van der Waals surface area contributed by atoms with E-state index < -0.39 is 0 Å². The van der Waals surface area contributed by atoms with Crippen LogP contribution in [0, 0.1) is 11.8 Å². The Bertz CT molecular complexity index is 1150. The zero-order valence-electron chi connectivity index (χ0n) is 14.7. The minimum Gasteiger partial charge on any atom is -0.497 e. The molecule has 0 fully saturated rings. The first kappa shape index (κ1) is 17.0. The van der Waals surface area contributed by atoms with Crippen LogP contribution in [0.2, 0.25) is 0 Å². The lowest BCUT2D eigenvalue weighted by Crippen LogP contribution is -1.81. The normalized spacial score (nSPS) is 10.7. The summed E-state index contributed by atoms with van der Waals surface area (Å²) in [7, 11) is 1.66. The van der Waals surface area contributed by atoms with Crippen molar-refractivity contribution < 1.29 is 4.74 Å². The maximum atomic E-state index is 5.25. The van der Waals surface area contributed by atoms with E-state index in [0.717, 1.165) is 37.8 Å². The minimum absolute atomic E-state index is 0.728. The molecular formula is C23H16N2OS. The number of rotatable bonds is 3. The van der Waals surface area contributed by atoms with Crippen molar-refractivity contribution in [1.29, 1.82) is 0 Å². The molecule has 3 aromatic carbocycles. The fourth-order valence-corrected chi connectivity index (χ4v) is 3.36. The van der Waals surface area contributed by atoms with Crippen molar-refractivity contribution in [2.45, 2.75) is 0 Å². The summed E-state index contributed by atoms with van der Waals surface area (Å²) in [6, 6.07) is 23.8. The maximum Gasteiger partial charge on any atom is 0.210 e. The molecule has 3 nitrogen and oxygen atoms in total. The first-order valence-corrected chi connectivity index (χ1v) is 9.27. The Labute approximate surface area is 162 Å². The van der Waals surface area contributed by atoms with Gasteiger partial charge in [0, 0.05) is 17.3 Å². The van der Waals surface area contributed by atoms with Gasteiger partial charge in [-0.15, -0.1) is 0 Å². The van der Waals surface area contributed by atoms with Gasteiger partial charge in [0.05, 0.1) is 17.3 Å². The molecule has 1 heterocycles. The molecule has 0 radical (unpaired) electrons. The molecule has 4 rings (SSSR count). The summed E-state index contributed by atoms with van der Waals surface area (Å²) in [5.74, 6) is 7.16. The van der Waals surface area contributed by atoms with Crippen molar-refractivity contribution in [2.75, 3.05) is 7.11 Å². The third-order valence-corrected chi connectivity index (χ3v) is 4.87. The van der Waals surface area contributed by atoms with Gasteiger partial charge >= 0.3 is 0 Å². The fourth-order valence-electron chi connectivity index (χ4n) is 2.52. The van der Waals surface area contributed by atoms with E-state index in [9.17, 15) is 0 Å². The van der Waals surface area contributed by atoms with Crippen LogP contribution in [0.25, 0.3) is 10.2 Å². The third-order valence-electron chi connectivity index (χ3n) is 3.94. The number of benzene rings is 3. The minimum atomic E-state index is 0.728. The number of nitrogens with zero attached hydrogens (tertiary/aromatic N) is 2. The summed E-state index contributed by atoms with van der Waals surface area (Å²) >= 11 is 1.54. The number of aromatic nitrogens is 1. The molecule has 0 aliphatic rings. The summed E-state index contributed by atoms with van der Waals surface area (Å²) < 4.78 is 6.31. The highest BCUT2D eigenvalue weighted by Gasteiger charge is 2.03. The first-order chi connectivity index (χ1) is 13.3. The molecule has 0 unspecified atom stereocenters. The smallest absolute Gasteiger partial charge is 0.210 e. The molecule has 0 N–H and O–H groups in total. The Hall–Kier alpha value is -3.42. The molecule has 1 aromatic heterocycles. The molecule has 0 amide bonds. The van der Waals surface area contributed by atoms with Crippen LogP contribution in [-0.4, -0.2) is 18.3 Å². The van der Waals surface area contributed by atoms with Crippen LogP contribution in [0.15, 0.2) is 77.8 Å². The van der Waals surface area contributed by atoms with E-state index in [2.05, 4.69) is 21.8 Å². The average Bonchev–Trinajstić information content (AvgIpc) is 3.14. The van der Waals surface area contributed by atoms with Crippen molar-refractivity contribution in [3.63, 3.8) is 0 Å². The quantitative estimate of drug-likeness (QED) is 0.356. The lowest BCUT2D eigenvalue weighted by molar-refractivity contribution is 0.415. The fraction of sp³-hybridized carbons (Fsp3) is 0.0435. The predicted octanol–water partition coefficient (Wildman–Crippen LogP) is 5.46. The lowest BCUT2D eigenvalue weighted by atomic mass is 10.1. The summed E-state index contributed by atoms with van der Waals surface area (Å²) in [6.07, 6.45) is 1.82. The van der Waals surface area contributed by atoms with Crippen LogP contribution < -0.4 is 4.74 Å². The van der Waals surface area contributed by atoms with Gasteiger partial charge in [0.25, 0.3) is 0 Å². The molecule has 0 saturated heterocycles. The van der Waals surface area contributed by atoms with Crippen molar-refractivity contribution in [2.24, 2.45) is 4.99 Å². The third kappa shape index (κ3) is 4.22. The zero-order chi connectivity index (χ0) is 18.5. The van der Waals surface area contributed by atoms with E-state index in [1.807, 2.05) is 79.0 Å². The second-order valence-electron chi connectivity index (χ2n) is 5.83. The van der Waals surface area contributed by atoms with Gasteiger partial charge in [-0.2, -0.15) is 0 Å². The number of methoxy groups -OCH3 is 1. The van der Waals surface area contributed by atoms with Crippen LogP contribution in [0.5, 0.6) is 5.75 Å². The largest absolute Gasteiger partial charge is 0.497 e. The summed E-state index contributed by atoms with van der Waals surface area (Å²) in [4.78, 5) is 9.02. The molecule has 4 heteroatoms. The molecule has 0 atom stereocenters. The van der Waals surface area contributed by atoms with E-state index in [4.69, 9.17) is 4.74 Å². The topological polar surface area (TPSA) is 34.5 Å².